The Bertz CT molecular complexity index is 880. The first-order chi connectivity index (χ1) is 11.6. The van der Waals surface area contributed by atoms with Crippen molar-refractivity contribution in [1.82, 2.24) is 4.98 Å². The molecule has 3 rings (SSSR count). The second-order valence-corrected chi connectivity index (χ2v) is 6.16. The number of fused-ring (bicyclic) bond motifs is 1. The third-order valence-electron chi connectivity index (χ3n) is 3.16. The van der Waals surface area contributed by atoms with Gasteiger partial charge in [0.1, 0.15) is 5.01 Å². The minimum atomic E-state index is -0.235. The topological polar surface area (TPSA) is 71.1 Å². The van der Waals surface area contributed by atoms with Crippen molar-refractivity contribution in [3.05, 3.63) is 59.6 Å². The van der Waals surface area contributed by atoms with Gasteiger partial charge in [0.25, 0.3) is 0 Å². The lowest BCUT2D eigenvalue weighted by molar-refractivity contribution is -0.114. The molecule has 24 heavy (non-hydrogen) atoms. The number of aromatic nitrogens is 1. The van der Waals surface area contributed by atoms with Crippen LogP contribution in [-0.2, 0) is 9.59 Å². The van der Waals surface area contributed by atoms with E-state index in [1.54, 1.807) is 30.3 Å². The SMILES string of the molecule is CC(=O)Nc1ccc(NC(=O)C=Cc2nc3ccccc3s2)cc1. The van der Waals surface area contributed by atoms with Crippen molar-refractivity contribution >= 4 is 50.8 Å². The number of nitrogens with one attached hydrogen (secondary N) is 2. The average molecular weight is 337 g/mol. The summed E-state index contributed by atoms with van der Waals surface area (Å²) < 4.78 is 1.09. The number of thiazole rings is 1. The smallest absolute Gasteiger partial charge is 0.248 e. The van der Waals surface area contributed by atoms with Crippen molar-refractivity contribution in [3.63, 3.8) is 0 Å². The molecule has 0 unspecified atom stereocenters. The van der Waals surface area contributed by atoms with Gasteiger partial charge in [-0.25, -0.2) is 4.98 Å². The number of hydrogen-bond donors (Lipinski definition) is 2. The van der Waals surface area contributed by atoms with Crippen LogP contribution in [0.25, 0.3) is 16.3 Å². The minimum absolute atomic E-state index is 0.134. The van der Waals surface area contributed by atoms with E-state index in [1.807, 2.05) is 24.3 Å². The Labute approximate surface area is 143 Å². The molecule has 5 nitrogen and oxygen atoms in total. The molecule has 0 saturated carbocycles. The van der Waals surface area contributed by atoms with Gasteiger partial charge in [0.05, 0.1) is 10.2 Å². The van der Waals surface area contributed by atoms with Crippen molar-refractivity contribution in [2.75, 3.05) is 10.6 Å². The van der Waals surface area contributed by atoms with E-state index in [4.69, 9.17) is 0 Å². The molecular formula is C18H15N3O2S. The summed E-state index contributed by atoms with van der Waals surface area (Å²) in [6.07, 6.45) is 3.16. The van der Waals surface area contributed by atoms with Crippen molar-refractivity contribution in [2.24, 2.45) is 0 Å². The number of hydrogen-bond acceptors (Lipinski definition) is 4. The van der Waals surface area contributed by atoms with Crippen LogP contribution in [0.1, 0.15) is 11.9 Å². The number of carbonyl (C=O) groups is 2. The molecular weight excluding hydrogens is 322 g/mol. The summed E-state index contributed by atoms with van der Waals surface area (Å²) in [7, 11) is 0. The lowest BCUT2D eigenvalue weighted by Gasteiger charge is -2.04. The number of rotatable bonds is 4. The Kier molecular flexibility index (Phi) is 4.67. The van der Waals surface area contributed by atoms with Crippen LogP contribution in [0.2, 0.25) is 0 Å². The van der Waals surface area contributed by atoms with Gasteiger partial charge in [0.2, 0.25) is 11.8 Å². The summed E-state index contributed by atoms with van der Waals surface area (Å²) >= 11 is 1.54. The van der Waals surface area contributed by atoms with Crippen LogP contribution in [0.5, 0.6) is 0 Å². The largest absolute Gasteiger partial charge is 0.326 e. The average Bonchev–Trinajstić information content (AvgIpc) is 2.97. The summed E-state index contributed by atoms with van der Waals surface area (Å²) in [5, 5.41) is 6.22. The fourth-order valence-electron chi connectivity index (χ4n) is 2.13. The van der Waals surface area contributed by atoms with Gasteiger partial charge in [-0.3, -0.25) is 9.59 Å². The monoisotopic (exact) mass is 337 g/mol. The predicted octanol–water partition coefficient (Wildman–Crippen LogP) is 3.91. The van der Waals surface area contributed by atoms with Gasteiger partial charge in [-0.2, -0.15) is 0 Å². The number of nitrogens with zero attached hydrogens (tertiary/aromatic N) is 1. The third-order valence-corrected chi connectivity index (χ3v) is 4.16. The van der Waals surface area contributed by atoms with Crippen molar-refractivity contribution < 1.29 is 9.59 Å². The molecule has 2 aromatic carbocycles. The highest BCUT2D eigenvalue weighted by Gasteiger charge is 2.02. The summed E-state index contributed by atoms with van der Waals surface area (Å²) in [6.45, 7) is 1.45. The summed E-state index contributed by atoms with van der Waals surface area (Å²) in [5.41, 5.74) is 2.27. The minimum Gasteiger partial charge on any atom is -0.326 e. The second-order valence-electron chi connectivity index (χ2n) is 5.10. The molecule has 1 heterocycles. The normalized spacial score (nSPS) is 10.9. The van der Waals surface area contributed by atoms with E-state index < -0.39 is 0 Å². The van der Waals surface area contributed by atoms with Gasteiger partial charge in [0, 0.05) is 24.4 Å². The van der Waals surface area contributed by atoms with Crippen molar-refractivity contribution in [2.45, 2.75) is 6.92 Å². The maximum Gasteiger partial charge on any atom is 0.248 e. The van der Waals surface area contributed by atoms with E-state index in [9.17, 15) is 9.59 Å². The quantitative estimate of drug-likeness (QED) is 0.709. The Morgan fingerprint density at radius 1 is 1.00 bits per heavy atom. The molecule has 2 N–H and O–H groups in total. The number of anilines is 2. The number of carbonyl (C=O) groups excluding carboxylic acids is 2. The molecule has 3 aromatic rings. The molecule has 120 valence electrons. The number of amides is 2. The summed E-state index contributed by atoms with van der Waals surface area (Å²) in [5.74, 6) is -0.368. The van der Waals surface area contributed by atoms with Gasteiger partial charge < -0.3 is 10.6 Å². The van der Waals surface area contributed by atoms with Crippen LogP contribution in [0.3, 0.4) is 0 Å². The molecule has 0 fully saturated rings. The first kappa shape index (κ1) is 15.9. The Hall–Kier alpha value is -2.99. The lowest BCUT2D eigenvalue weighted by atomic mass is 10.2. The first-order valence-electron chi connectivity index (χ1n) is 7.32. The Morgan fingerprint density at radius 2 is 1.67 bits per heavy atom. The molecule has 0 atom stereocenters. The standard InChI is InChI=1S/C18H15N3O2S/c1-12(22)19-13-6-8-14(9-7-13)20-17(23)10-11-18-21-15-4-2-3-5-16(15)24-18/h2-11H,1H3,(H,19,22)(H,20,23). The molecule has 1 aromatic heterocycles. The van der Waals surface area contributed by atoms with E-state index in [1.165, 1.54) is 24.3 Å². The highest BCUT2D eigenvalue weighted by molar-refractivity contribution is 7.19. The van der Waals surface area contributed by atoms with Crippen LogP contribution in [0, 0.1) is 0 Å². The highest BCUT2D eigenvalue weighted by atomic mass is 32.1. The van der Waals surface area contributed by atoms with Crippen LogP contribution < -0.4 is 10.6 Å². The van der Waals surface area contributed by atoms with E-state index in [2.05, 4.69) is 15.6 Å². The van der Waals surface area contributed by atoms with E-state index in [0.717, 1.165) is 15.2 Å². The fourth-order valence-corrected chi connectivity index (χ4v) is 3.00. The van der Waals surface area contributed by atoms with E-state index in [-0.39, 0.29) is 11.8 Å². The van der Waals surface area contributed by atoms with Crippen LogP contribution >= 0.6 is 11.3 Å². The van der Waals surface area contributed by atoms with E-state index >= 15 is 0 Å². The fraction of sp³-hybridized carbons (Fsp3) is 0.0556. The molecule has 0 bridgehead atoms. The molecule has 0 radical (unpaired) electrons. The highest BCUT2D eigenvalue weighted by Crippen LogP contribution is 2.22. The van der Waals surface area contributed by atoms with Gasteiger partial charge in [-0.15, -0.1) is 11.3 Å². The molecule has 0 aliphatic carbocycles. The number of para-hydroxylation sites is 1. The third kappa shape index (κ3) is 4.05. The zero-order valence-corrected chi connectivity index (χ0v) is 13.8. The molecule has 0 aliphatic rings. The predicted molar refractivity (Wildman–Crippen MR) is 98.0 cm³/mol. The molecule has 2 amide bonds. The van der Waals surface area contributed by atoms with Crippen molar-refractivity contribution in [3.8, 4) is 0 Å². The zero-order chi connectivity index (χ0) is 16.9. The number of benzene rings is 2. The molecule has 0 aliphatic heterocycles. The second kappa shape index (κ2) is 7.06. The van der Waals surface area contributed by atoms with Gasteiger partial charge in [0.15, 0.2) is 0 Å². The van der Waals surface area contributed by atoms with Gasteiger partial charge >= 0.3 is 0 Å². The zero-order valence-electron chi connectivity index (χ0n) is 12.9. The lowest BCUT2D eigenvalue weighted by Crippen LogP contribution is -2.08. The van der Waals surface area contributed by atoms with Gasteiger partial charge in [-0.05, 0) is 42.5 Å². The van der Waals surface area contributed by atoms with E-state index in [0.29, 0.717) is 11.4 Å². The maximum absolute atomic E-state index is 12.0. The van der Waals surface area contributed by atoms with Crippen LogP contribution in [0.15, 0.2) is 54.6 Å². The summed E-state index contributed by atoms with van der Waals surface area (Å²) in [4.78, 5) is 27.4. The Balaban J connectivity index is 1.63. The molecule has 0 saturated heterocycles. The summed E-state index contributed by atoms with van der Waals surface area (Å²) in [6, 6.07) is 14.8. The van der Waals surface area contributed by atoms with Crippen LogP contribution in [-0.4, -0.2) is 16.8 Å². The van der Waals surface area contributed by atoms with Gasteiger partial charge in [-0.1, -0.05) is 12.1 Å². The molecule has 0 spiro atoms. The Morgan fingerprint density at radius 3 is 2.33 bits per heavy atom. The van der Waals surface area contributed by atoms with Crippen LogP contribution in [0.4, 0.5) is 11.4 Å². The maximum atomic E-state index is 12.0. The van der Waals surface area contributed by atoms with Crippen molar-refractivity contribution in [1.29, 1.82) is 0 Å². The molecule has 6 heteroatoms. The first-order valence-corrected chi connectivity index (χ1v) is 8.14.